The standard InChI is InChI=1S/C21H24F2N2O4/c1-12-4-5-16(15(23)8-12)25-17-9-13(22)10-18(19(17)20(24)26)27-7-6-14-11-28-21(2,3)29-14/h4-5,8-10,14,25H,6-7,11H2,1-3H3,(H2,24,26). The number of aryl methyl sites for hydroxylation is 1. The molecule has 3 N–H and O–H groups in total. The van der Waals surface area contributed by atoms with E-state index in [1.807, 2.05) is 13.8 Å². The molecule has 8 heteroatoms. The van der Waals surface area contributed by atoms with Gasteiger partial charge in [0.15, 0.2) is 5.79 Å². The summed E-state index contributed by atoms with van der Waals surface area (Å²) < 4.78 is 45.1. The largest absolute Gasteiger partial charge is 0.492 e. The molecule has 1 aliphatic heterocycles. The molecule has 0 spiro atoms. The number of anilines is 2. The van der Waals surface area contributed by atoms with Gasteiger partial charge in [-0.1, -0.05) is 6.07 Å². The van der Waals surface area contributed by atoms with Gasteiger partial charge in [0.1, 0.15) is 22.9 Å². The molecule has 1 saturated heterocycles. The van der Waals surface area contributed by atoms with Crippen LogP contribution in [0.4, 0.5) is 20.2 Å². The van der Waals surface area contributed by atoms with Crippen LogP contribution in [-0.4, -0.2) is 31.0 Å². The molecule has 2 aromatic carbocycles. The molecule has 0 aromatic heterocycles. The van der Waals surface area contributed by atoms with Crippen LogP contribution in [0.5, 0.6) is 5.75 Å². The number of primary amides is 1. The Balaban J connectivity index is 1.79. The Hall–Kier alpha value is -2.71. The molecule has 1 atom stereocenters. The number of carbonyl (C=O) groups is 1. The average Bonchev–Trinajstić information content (AvgIpc) is 2.95. The zero-order chi connectivity index (χ0) is 21.2. The third-order valence-corrected chi connectivity index (χ3v) is 4.47. The lowest BCUT2D eigenvalue weighted by atomic mass is 10.1. The van der Waals surface area contributed by atoms with Crippen LogP contribution >= 0.6 is 0 Å². The summed E-state index contributed by atoms with van der Waals surface area (Å²) in [5, 5.41) is 2.73. The normalized spacial score (nSPS) is 17.9. The van der Waals surface area contributed by atoms with Gasteiger partial charge in [0.2, 0.25) is 0 Å². The van der Waals surface area contributed by atoms with Crippen LogP contribution in [0, 0.1) is 18.6 Å². The minimum absolute atomic E-state index is 0.0225. The topological polar surface area (TPSA) is 82.8 Å². The van der Waals surface area contributed by atoms with Crippen molar-refractivity contribution in [1.82, 2.24) is 0 Å². The maximum Gasteiger partial charge on any atom is 0.254 e. The first-order valence-electron chi connectivity index (χ1n) is 9.26. The molecule has 3 rings (SSSR count). The minimum Gasteiger partial charge on any atom is -0.492 e. The van der Waals surface area contributed by atoms with E-state index in [2.05, 4.69) is 5.32 Å². The Morgan fingerprint density at radius 2 is 2.03 bits per heavy atom. The Kier molecular flexibility index (Phi) is 6.04. The molecule has 0 bridgehead atoms. The molecular weight excluding hydrogens is 382 g/mol. The third kappa shape index (κ3) is 5.21. The SMILES string of the molecule is Cc1ccc(Nc2cc(F)cc(OCCC3COC(C)(C)O3)c2C(N)=O)c(F)c1. The summed E-state index contributed by atoms with van der Waals surface area (Å²) in [5.74, 6) is -2.69. The summed E-state index contributed by atoms with van der Waals surface area (Å²) >= 11 is 0. The average molecular weight is 406 g/mol. The lowest BCUT2D eigenvalue weighted by Crippen LogP contribution is -2.22. The van der Waals surface area contributed by atoms with E-state index < -0.39 is 23.3 Å². The summed E-state index contributed by atoms with van der Waals surface area (Å²) in [6.45, 7) is 5.95. The second-order valence-corrected chi connectivity index (χ2v) is 7.39. The van der Waals surface area contributed by atoms with E-state index in [1.54, 1.807) is 13.0 Å². The van der Waals surface area contributed by atoms with Crippen molar-refractivity contribution in [3.63, 3.8) is 0 Å². The van der Waals surface area contributed by atoms with Crippen molar-refractivity contribution in [3.8, 4) is 5.75 Å². The number of nitrogens with one attached hydrogen (secondary N) is 1. The number of halogens is 2. The Morgan fingerprint density at radius 3 is 2.66 bits per heavy atom. The van der Waals surface area contributed by atoms with Crippen molar-refractivity contribution in [2.75, 3.05) is 18.5 Å². The van der Waals surface area contributed by atoms with Gasteiger partial charge in [-0.15, -0.1) is 0 Å². The summed E-state index contributed by atoms with van der Waals surface area (Å²) in [6, 6.07) is 6.67. The van der Waals surface area contributed by atoms with Gasteiger partial charge in [0.05, 0.1) is 30.7 Å². The van der Waals surface area contributed by atoms with Crippen LogP contribution in [-0.2, 0) is 9.47 Å². The lowest BCUT2D eigenvalue weighted by molar-refractivity contribution is -0.139. The van der Waals surface area contributed by atoms with E-state index in [0.29, 0.717) is 13.0 Å². The monoisotopic (exact) mass is 406 g/mol. The van der Waals surface area contributed by atoms with E-state index in [4.69, 9.17) is 19.9 Å². The van der Waals surface area contributed by atoms with Crippen LogP contribution in [0.1, 0.15) is 36.2 Å². The van der Waals surface area contributed by atoms with Gasteiger partial charge in [0.25, 0.3) is 5.91 Å². The number of ether oxygens (including phenoxy) is 3. The molecule has 0 saturated carbocycles. The van der Waals surface area contributed by atoms with Crippen LogP contribution in [0.3, 0.4) is 0 Å². The van der Waals surface area contributed by atoms with Crippen molar-refractivity contribution in [3.05, 3.63) is 53.1 Å². The fourth-order valence-electron chi connectivity index (χ4n) is 3.12. The van der Waals surface area contributed by atoms with Crippen molar-refractivity contribution < 1.29 is 27.8 Å². The zero-order valence-electron chi connectivity index (χ0n) is 16.6. The molecule has 2 aromatic rings. The van der Waals surface area contributed by atoms with Crippen molar-refractivity contribution in [1.29, 1.82) is 0 Å². The van der Waals surface area contributed by atoms with E-state index in [-0.39, 0.29) is 35.4 Å². The predicted octanol–water partition coefficient (Wildman–Crippen LogP) is 4.04. The number of amides is 1. The molecule has 1 amide bonds. The Labute approximate surface area is 167 Å². The van der Waals surface area contributed by atoms with Crippen molar-refractivity contribution >= 4 is 17.3 Å². The molecule has 0 radical (unpaired) electrons. The van der Waals surface area contributed by atoms with Crippen molar-refractivity contribution in [2.45, 2.75) is 39.1 Å². The smallest absolute Gasteiger partial charge is 0.254 e. The highest BCUT2D eigenvalue weighted by atomic mass is 19.1. The van der Waals surface area contributed by atoms with Gasteiger partial charge in [-0.05, 0) is 44.5 Å². The van der Waals surface area contributed by atoms with Gasteiger partial charge in [-0.25, -0.2) is 8.78 Å². The maximum atomic E-state index is 14.2. The highest BCUT2D eigenvalue weighted by Gasteiger charge is 2.32. The Morgan fingerprint density at radius 1 is 1.28 bits per heavy atom. The van der Waals surface area contributed by atoms with Gasteiger partial charge >= 0.3 is 0 Å². The molecule has 0 aliphatic carbocycles. The highest BCUT2D eigenvalue weighted by Crippen LogP contribution is 2.32. The van der Waals surface area contributed by atoms with Gasteiger partial charge in [0, 0.05) is 12.5 Å². The third-order valence-electron chi connectivity index (χ3n) is 4.47. The van der Waals surface area contributed by atoms with Gasteiger partial charge < -0.3 is 25.3 Å². The maximum absolute atomic E-state index is 14.2. The summed E-state index contributed by atoms with van der Waals surface area (Å²) in [4.78, 5) is 12.0. The number of carbonyl (C=O) groups excluding carboxylic acids is 1. The number of hydrogen-bond acceptors (Lipinski definition) is 5. The van der Waals surface area contributed by atoms with E-state index in [1.165, 1.54) is 12.1 Å². The minimum atomic E-state index is -0.823. The molecule has 156 valence electrons. The second-order valence-electron chi connectivity index (χ2n) is 7.39. The molecule has 29 heavy (non-hydrogen) atoms. The molecular formula is C21H24F2N2O4. The van der Waals surface area contributed by atoms with Gasteiger partial charge in [-0.2, -0.15) is 0 Å². The molecule has 1 unspecified atom stereocenters. The summed E-state index contributed by atoms with van der Waals surface area (Å²) in [6.07, 6.45) is 0.308. The van der Waals surface area contributed by atoms with Crippen LogP contribution in [0.15, 0.2) is 30.3 Å². The van der Waals surface area contributed by atoms with E-state index >= 15 is 0 Å². The fourth-order valence-corrected chi connectivity index (χ4v) is 3.12. The first-order valence-corrected chi connectivity index (χ1v) is 9.26. The van der Waals surface area contributed by atoms with Crippen molar-refractivity contribution in [2.24, 2.45) is 5.73 Å². The van der Waals surface area contributed by atoms with E-state index in [0.717, 1.165) is 17.7 Å². The number of benzene rings is 2. The fraction of sp³-hybridized carbons (Fsp3) is 0.381. The van der Waals surface area contributed by atoms with Crippen LogP contribution in [0.25, 0.3) is 0 Å². The first kappa shape index (κ1) is 21.0. The predicted molar refractivity (Wildman–Crippen MR) is 104 cm³/mol. The number of hydrogen-bond donors (Lipinski definition) is 2. The number of rotatable bonds is 7. The molecule has 1 fully saturated rings. The van der Waals surface area contributed by atoms with Crippen LogP contribution in [0.2, 0.25) is 0 Å². The molecule has 1 aliphatic rings. The quantitative estimate of drug-likeness (QED) is 0.725. The second kappa shape index (κ2) is 8.34. The molecule has 6 nitrogen and oxygen atoms in total. The van der Waals surface area contributed by atoms with Gasteiger partial charge in [-0.3, -0.25) is 4.79 Å². The Bertz CT molecular complexity index is 918. The highest BCUT2D eigenvalue weighted by molar-refractivity contribution is 6.02. The first-order chi connectivity index (χ1) is 13.6. The number of nitrogens with two attached hydrogens (primary N) is 1. The lowest BCUT2D eigenvalue weighted by Gasteiger charge is -2.18. The zero-order valence-corrected chi connectivity index (χ0v) is 16.6. The summed E-state index contributed by atoms with van der Waals surface area (Å²) in [7, 11) is 0. The summed E-state index contributed by atoms with van der Waals surface area (Å²) in [5.41, 5.74) is 6.28. The van der Waals surface area contributed by atoms with E-state index in [9.17, 15) is 13.6 Å². The molecule has 1 heterocycles. The van der Waals surface area contributed by atoms with Crippen LogP contribution < -0.4 is 15.8 Å².